The molecule has 0 spiro atoms. The van der Waals surface area contributed by atoms with Crippen LogP contribution >= 0.6 is 24.0 Å². The average molecular weight is 537 g/mol. The highest BCUT2D eigenvalue weighted by atomic mass is 127. The van der Waals surface area contributed by atoms with Crippen LogP contribution in [0.3, 0.4) is 0 Å². The van der Waals surface area contributed by atoms with Crippen LogP contribution < -0.4 is 15.4 Å². The van der Waals surface area contributed by atoms with E-state index >= 15 is 0 Å². The minimum atomic E-state index is -4.36. The molecule has 2 rings (SSSR count). The molecule has 0 radical (unpaired) electrons. The number of aryl methyl sites for hydroxylation is 1. The zero-order valence-corrected chi connectivity index (χ0v) is 19.2. The number of nitrogens with zero attached hydrogens (tertiary/aromatic N) is 1. The highest BCUT2D eigenvalue weighted by Crippen LogP contribution is 2.19. The van der Waals surface area contributed by atoms with E-state index < -0.39 is 18.9 Å². The van der Waals surface area contributed by atoms with E-state index in [1.54, 1.807) is 12.1 Å². The van der Waals surface area contributed by atoms with Gasteiger partial charge in [0.2, 0.25) is 0 Å². The first-order valence-electron chi connectivity index (χ1n) is 9.32. The van der Waals surface area contributed by atoms with E-state index in [1.807, 2.05) is 38.1 Å². The van der Waals surface area contributed by atoms with Gasteiger partial charge in [-0.15, -0.1) is 24.0 Å². The standard InChI is InChI=1S/C21H26F3N3O2.HI/c1-3-25-20(27-13-19(28)17-8-4-15(2)5-9-17)26-12-16-6-10-18(11-7-16)29-14-21(22,23)24;/h4-11,19,28H,3,12-14H2,1-2H3,(H2,25,26,27);1H. The van der Waals surface area contributed by atoms with E-state index in [1.165, 1.54) is 12.1 Å². The molecule has 5 nitrogen and oxygen atoms in total. The summed E-state index contributed by atoms with van der Waals surface area (Å²) >= 11 is 0. The molecule has 1 unspecified atom stereocenters. The number of aliphatic hydroxyl groups is 1. The van der Waals surface area contributed by atoms with Crippen LogP contribution in [-0.2, 0) is 6.54 Å². The minimum absolute atomic E-state index is 0. The number of hydrogen-bond acceptors (Lipinski definition) is 3. The third-order valence-corrected chi connectivity index (χ3v) is 4.01. The maximum Gasteiger partial charge on any atom is 0.422 e. The Balaban J connectivity index is 0.00000450. The molecule has 2 aromatic rings. The Morgan fingerprint density at radius 3 is 2.27 bits per heavy atom. The summed E-state index contributed by atoms with van der Waals surface area (Å²) in [5.74, 6) is 0.692. The summed E-state index contributed by atoms with van der Waals surface area (Å²) in [5.41, 5.74) is 2.76. The predicted octanol–water partition coefficient (Wildman–Crippen LogP) is 4.34. The number of benzene rings is 2. The summed E-state index contributed by atoms with van der Waals surface area (Å²) in [4.78, 5) is 4.44. The molecule has 9 heteroatoms. The third kappa shape index (κ3) is 9.66. The molecule has 0 heterocycles. The van der Waals surface area contributed by atoms with Crippen molar-refractivity contribution in [2.75, 3.05) is 19.7 Å². The topological polar surface area (TPSA) is 65.9 Å². The van der Waals surface area contributed by atoms with Crippen LogP contribution in [0.4, 0.5) is 13.2 Å². The highest BCUT2D eigenvalue weighted by molar-refractivity contribution is 14.0. The Hall–Kier alpha value is -2.01. The van der Waals surface area contributed by atoms with Crippen LogP contribution in [0.25, 0.3) is 0 Å². The fourth-order valence-corrected chi connectivity index (χ4v) is 2.47. The number of nitrogens with one attached hydrogen (secondary N) is 2. The van der Waals surface area contributed by atoms with E-state index in [-0.39, 0.29) is 29.7 Å². The van der Waals surface area contributed by atoms with Crippen LogP contribution in [0.15, 0.2) is 53.5 Å². The van der Waals surface area contributed by atoms with Crippen molar-refractivity contribution in [2.45, 2.75) is 32.7 Å². The van der Waals surface area contributed by atoms with Gasteiger partial charge in [-0.1, -0.05) is 42.0 Å². The van der Waals surface area contributed by atoms with Crippen LogP contribution in [0.1, 0.15) is 29.7 Å². The Kier molecular flexibility index (Phi) is 11.0. The summed E-state index contributed by atoms with van der Waals surface area (Å²) in [7, 11) is 0. The van der Waals surface area contributed by atoms with Crippen LogP contribution in [0.2, 0.25) is 0 Å². The van der Waals surface area contributed by atoms with Crippen molar-refractivity contribution in [3.63, 3.8) is 0 Å². The lowest BCUT2D eigenvalue weighted by Gasteiger charge is -2.16. The third-order valence-electron chi connectivity index (χ3n) is 4.01. The van der Waals surface area contributed by atoms with Gasteiger partial charge in [-0.25, -0.2) is 4.99 Å². The summed E-state index contributed by atoms with van der Waals surface area (Å²) < 4.78 is 41.2. The van der Waals surface area contributed by atoms with Gasteiger partial charge in [0.1, 0.15) is 5.75 Å². The van der Waals surface area contributed by atoms with Gasteiger partial charge in [0.05, 0.1) is 12.6 Å². The minimum Gasteiger partial charge on any atom is -0.484 e. The number of alkyl halides is 3. The molecule has 0 aromatic heterocycles. The van der Waals surface area contributed by atoms with Crippen LogP contribution in [-0.4, -0.2) is 36.9 Å². The Labute approximate surface area is 191 Å². The maximum atomic E-state index is 12.2. The fourth-order valence-electron chi connectivity index (χ4n) is 2.47. The molecule has 0 aliphatic carbocycles. The molecule has 30 heavy (non-hydrogen) atoms. The molecule has 0 aliphatic heterocycles. The molecule has 2 aromatic carbocycles. The van der Waals surface area contributed by atoms with Crippen molar-refractivity contribution in [1.82, 2.24) is 10.6 Å². The molecule has 0 saturated heterocycles. The molecule has 0 fully saturated rings. The SMILES string of the molecule is CCNC(=NCc1ccc(OCC(F)(F)F)cc1)NCC(O)c1ccc(C)cc1.I. The average Bonchev–Trinajstić information content (AvgIpc) is 2.69. The summed E-state index contributed by atoms with van der Waals surface area (Å²) in [6.07, 6.45) is -5.04. The van der Waals surface area contributed by atoms with Crippen molar-refractivity contribution in [3.8, 4) is 5.75 Å². The second kappa shape index (κ2) is 12.6. The van der Waals surface area contributed by atoms with Gasteiger partial charge in [0.25, 0.3) is 0 Å². The highest BCUT2D eigenvalue weighted by Gasteiger charge is 2.28. The molecular formula is C21H27F3IN3O2. The summed E-state index contributed by atoms with van der Waals surface area (Å²) in [6, 6.07) is 14.0. The van der Waals surface area contributed by atoms with Crippen LogP contribution in [0.5, 0.6) is 5.75 Å². The lowest BCUT2D eigenvalue weighted by atomic mass is 10.1. The first-order valence-corrected chi connectivity index (χ1v) is 9.32. The molecule has 0 saturated carbocycles. The lowest BCUT2D eigenvalue weighted by molar-refractivity contribution is -0.153. The Morgan fingerprint density at radius 2 is 1.70 bits per heavy atom. The van der Waals surface area contributed by atoms with Gasteiger partial charge in [-0.05, 0) is 37.1 Å². The van der Waals surface area contributed by atoms with Crippen molar-refractivity contribution < 1.29 is 23.0 Å². The molecule has 0 amide bonds. The number of ether oxygens (including phenoxy) is 1. The first kappa shape index (κ1) is 26.0. The van der Waals surface area contributed by atoms with Gasteiger partial charge in [0, 0.05) is 13.1 Å². The van der Waals surface area contributed by atoms with Gasteiger partial charge < -0.3 is 20.5 Å². The van der Waals surface area contributed by atoms with Crippen molar-refractivity contribution in [3.05, 3.63) is 65.2 Å². The van der Waals surface area contributed by atoms with E-state index in [4.69, 9.17) is 4.74 Å². The number of rotatable bonds is 8. The zero-order chi connectivity index (χ0) is 21.3. The Bertz CT molecular complexity index is 782. The van der Waals surface area contributed by atoms with Gasteiger partial charge in [0.15, 0.2) is 12.6 Å². The number of halogens is 4. The van der Waals surface area contributed by atoms with Gasteiger partial charge in [-0.3, -0.25) is 0 Å². The summed E-state index contributed by atoms with van der Waals surface area (Å²) in [6.45, 7) is 3.87. The number of aliphatic imine (C=N–C) groups is 1. The van der Waals surface area contributed by atoms with E-state index in [0.717, 1.165) is 16.7 Å². The molecule has 0 aliphatic rings. The number of aliphatic hydroxyl groups excluding tert-OH is 1. The van der Waals surface area contributed by atoms with Crippen molar-refractivity contribution >= 4 is 29.9 Å². The molecule has 1 atom stereocenters. The second-order valence-electron chi connectivity index (χ2n) is 6.55. The smallest absolute Gasteiger partial charge is 0.422 e. The van der Waals surface area contributed by atoms with E-state index in [2.05, 4.69) is 15.6 Å². The van der Waals surface area contributed by atoms with Crippen molar-refractivity contribution in [1.29, 1.82) is 0 Å². The van der Waals surface area contributed by atoms with E-state index in [0.29, 0.717) is 25.6 Å². The molecule has 3 N–H and O–H groups in total. The fraction of sp³-hybridized carbons (Fsp3) is 0.381. The molecule has 0 bridgehead atoms. The number of guanidine groups is 1. The monoisotopic (exact) mass is 537 g/mol. The number of hydrogen-bond donors (Lipinski definition) is 3. The molecule has 166 valence electrons. The quantitative estimate of drug-likeness (QED) is 0.267. The van der Waals surface area contributed by atoms with Gasteiger partial charge >= 0.3 is 6.18 Å². The normalized spacial score (nSPS) is 12.7. The van der Waals surface area contributed by atoms with E-state index in [9.17, 15) is 18.3 Å². The largest absolute Gasteiger partial charge is 0.484 e. The summed E-state index contributed by atoms with van der Waals surface area (Å²) in [5, 5.41) is 16.5. The lowest BCUT2D eigenvalue weighted by Crippen LogP contribution is -2.39. The van der Waals surface area contributed by atoms with Crippen LogP contribution in [0, 0.1) is 6.92 Å². The zero-order valence-electron chi connectivity index (χ0n) is 16.9. The first-order chi connectivity index (χ1) is 13.8. The Morgan fingerprint density at radius 1 is 1.07 bits per heavy atom. The van der Waals surface area contributed by atoms with Gasteiger partial charge in [-0.2, -0.15) is 13.2 Å². The second-order valence-corrected chi connectivity index (χ2v) is 6.55. The molecular weight excluding hydrogens is 510 g/mol. The van der Waals surface area contributed by atoms with Crippen molar-refractivity contribution in [2.24, 2.45) is 4.99 Å². The maximum absolute atomic E-state index is 12.2. The predicted molar refractivity (Wildman–Crippen MR) is 122 cm³/mol.